The SMILES string of the molecule is CNCCCC(=O)N(C)C1CCOC1.Cl. The summed E-state index contributed by atoms with van der Waals surface area (Å²) >= 11 is 0. The minimum Gasteiger partial charge on any atom is -0.379 e. The summed E-state index contributed by atoms with van der Waals surface area (Å²) in [7, 11) is 3.78. The Morgan fingerprint density at radius 1 is 1.60 bits per heavy atom. The number of likely N-dealkylation sites (N-methyl/N-ethyl adjacent to an activating group) is 1. The van der Waals surface area contributed by atoms with E-state index in [1.54, 1.807) is 0 Å². The first kappa shape index (κ1) is 14.7. The van der Waals surface area contributed by atoms with Crippen molar-refractivity contribution >= 4 is 18.3 Å². The fourth-order valence-corrected chi connectivity index (χ4v) is 1.62. The van der Waals surface area contributed by atoms with Gasteiger partial charge in [-0.05, 0) is 26.4 Å². The number of rotatable bonds is 5. The molecule has 90 valence electrons. The molecule has 0 radical (unpaired) electrons. The van der Waals surface area contributed by atoms with E-state index in [4.69, 9.17) is 4.74 Å². The van der Waals surface area contributed by atoms with E-state index in [1.165, 1.54) is 0 Å². The van der Waals surface area contributed by atoms with Gasteiger partial charge < -0.3 is 15.0 Å². The molecular weight excluding hydrogens is 216 g/mol. The summed E-state index contributed by atoms with van der Waals surface area (Å²) in [6, 6.07) is 0.303. The average molecular weight is 237 g/mol. The number of hydrogen-bond acceptors (Lipinski definition) is 3. The molecule has 5 heteroatoms. The summed E-state index contributed by atoms with van der Waals surface area (Å²) in [6.45, 7) is 2.40. The third kappa shape index (κ3) is 4.82. The van der Waals surface area contributed by atoms with Crippen LogP contribution in [0.1, 0.15) is 19.3 Å². The number of nitrogens with zero attached hydrogens (tertiary/aromatic N) is 1. The molecule has 1 heterocycles. The number of hydrogen-bond donors (Lipinski definition) is 1. The maximum atomic E-state index is 11.6. The van der Waals surface area contributed by atoms with Crippen LogP contribution in [0.2, 0.25) is 0 Å². The predicted molar refractivity (Wildman–Crippen MR) is 62.4 cm³/mol. The smallest absolute Gasteiger partial charge is 0.222 e. The van der Waals surface area contributed by atoms with Gasteiger partial charge in [0.25, 0.3) is 0 Å². The molecule has 4 nitrogen and oxygen atoms in total. The van der Waals surface area contributed by atoms with E-state index >= 15 is 0 Å². The molecule has 0 aromatic carbocycles. The quantitative estimate of drug-likeness (QED) is 0.713. The Morgan fingerprint density at radius 2 is 2.33 bits per heavy atom. The van der Waals surface area contributed by atoms with E-state index in [2.05, 4.69) is 5.32 Å². The highest BCUT2D eigenvalue weighted by Gasteiger charge is 2.23. The van der Waals surface area contributed by atoms with Gasteiger partial charge in [-0.25, -0.2) is 0 Å². The maximum absolute atomic E-state index is 11.6. The third-order valence-electron chi connectivity index (χ3n) is 2.66. The molecule has 0 aliphatic carbocycles. The first-order chi connectivity index (χ1) is 6.75. The molecular formula is C10H21ClN2O2. The molecule has 1 rings (SSSR count). The van der Waals surface area contributed by atoms with Gasteiger partial charge in [0.15, 0.2) is 0 Å². The van der Waals surface area contributed by atoms with Crippen LogP contribution in [0.4, 0.5) is 0 Å². The molecule has 1 atom stereocenters. The van der Waals surface area contributed by atoms with Gasteiger partial charge in [0, 0.05) is 20.1 Å². The molecule has 1 fully saturated rings. The zero-order valence-corrected chi connectivity index (χ0v) is 10.3. The molecule has 0 aromatic rings. The lowest BCUT2D eigenvalue weighted by Crippen LogP contribution is -2.37. The molecule has 15 heavy (non-hydrogen) atoms. The fourth-order valence-electron chi connectivity index (χ4n) is 1.62. The van der Waals surface area contributed by atoms with Crippen LogP contribution in [0.15, 0.2) is 0 Å². The first-order valence-corrected chi connectivity index (χ1v) is 5.23. The van der Waals surface area contributed by atoms with Crippen molar-refractivity contribution in [2.45, 2.75) is 25.3 Å². The zero-order valence-electron chi connectivity index (χ0n) is 9.49. The Kier molecular flexibility index (Phi) is 7.74. The highest BCUT2D eigenvalue weighted by atomic mass is 35.5. The Labute approximate surface area is 97.8 Å². The number of ether oxygens (including phenoxy) is 1. The molecule has 0 saturated carbocycles. The number of halogens is 1. The second-order valence-electron chi connectivity index (χ2n) is 3.73. The third-order valence-corrected chi connectivity index (χ3v) is 2.66. The summed E-state index contributed by atoms with van der Waals surface area (Å²) in [6.07, 6.45) is 2.52. The standard InChI is InChI=1S/C10H20N2O2.ClH/c1-11-6-3-4-10(13)12(2)9-5-7-14-8-9;/h9,11H,3-8H2,1-2H3;1H. The number of carbonyl (C=O) groups excluding carboxylic acids is 1. The van der Waals surface area contributed by atoms with Crippen LogP contribution in [0, 0.1) is 0 Å². The molecule has 0 spiro atoms. The highest BCUT2D eigenvalue weighted by Crippen LogP contribution is 2.11. The summed E-state index contributed by atoms with van der Waals surface area (Å²) in [5.74, 6) is 0.232. The maximum Gasteiger partial charge on any atom is 0.222 e. The highest BCUT2D eigenvalue weighted by molar-refractivity contribution is 5.85. The van der Waals surface area contributed by atoms with E-state index in [0.29, 0.717) is 19.1 Å². The van der Waals surface area contributed by atoms with Crippen LogP contribution >= 0.6 is 12.4 Å². The Hall–Kier alpha value is -0.320. The van der Waals surface area contributed by atoms with E-state index in [-0.39, 0.29) is 18.3 Å². The van der Waals surface area contributed by atoms with Gasteiger partial charge in [-0.15, -0.1) is 12.4 Å². The van der Waals surface area contributed by atoms with Gasteiger partial charge in [-0.3, -0.25) is 4.79 Å². The van der Waals surface area contributed by atoms with Crippen LogP contribution in [0.3, 0.4) is 0 Å². The predicted octanol–water partition coefficient (Wildman–Crippen LogP) is 0.655. The van der Waals surface area contributed by atoms with Gasteiger partial charge in [0.2, 0.25) is 5.91 Å². The average Bonchev–Trinajstić information content (AvgIpc) is 2.69. The topological polar surface area (TPSA) is 41.6 Å². The van der Waals surface area contributed by atoms with Crippen molar-refractivity contribution in [2.24, 2.45) is 0 Å². The van der Waals surface area contributed by atoms with Crippen LogP contribution in [-0.2, 0) is 9.53 Å². The summed E-state index contributed by atoms with van der Waals surface area (Å²) < 4.78 is 5.25. The van der Waals surface area contributed by atoms with E-state index < -0.39 is 0 Å². The van der Waals surface area contributed by atoms with Gasteiger partial charge in [-0.2, -0.15) is 0 Å². The second-order valence-corrected chi connectivity index (χ2v) is 3.73. The lowest BCUT2D eigenvalue weighted by Gasteiger charge is -2.23. The Balaban J connectivity index is 0.00000196. The van der Waals surface area contributed by atoms with Crippen LogP contribution in [0.25, 0.3) is 0 Å². The molecule has 1 N–H and O–H groups in total. The Bertz CT molecular complexity index is 184. The fraction of sp³-hybridized carbons (Fsp3) is 0.900. The van der Waals surface area contributed by atoms with Crippen molar-refractivity contribution in [1.29, 1.82) is 0 Å². The van der Waals surface area contributed by atoms with Crippen molar-refractivity contribution in [3.05, 3.63) is 0 Å². The minimum absolute atomic E-state index is 0. The van der Waals surface area contributed by atoms with Gasteiger partial charge in [0.05, 0.1) is 12.6 Å². The molecule has 1 aliphatic rings. The second kappa shape index (κ2) is 7.91. The normalized spacial score (nSPS) is 19.7. The van der Waals surface area contributed by atoms with Gasteiger partial charge >= 0.3 is 0 Å². The van der Waals surface area contributed by atoms with Crippen molar-refractivity contribution in [3.63, 3.8) is 0 Å². The number of nitrogens with one attached hydrogen (secondary N) is 1. The summed E-state index contributed by atoms with van der Waals surface area (Å²) in [5, 5.41) is 3.04. The zero-order chi connectivity index (χ0) is 10.4. The van der Waals surface area contributed by atoms with E-state index in [1.807, 2.05) is 19.0 Å². The number of carbonyl (C=O) groups is 1. The molecule has 1 aliphatic heterocycles. The number of amides is 1. The van der Waals surface area contributed by atoms with Crippen LogP contribution in [-0.4, -0.2) is 50.7 Å². The van der Waals surface area contributed by atoms with Gasteiger partial charge in [-0.1, -0.05) is 0 Å². The molecule has 1 unspecified atom stereocenters. The lowest BCUT2D eigenvalue weighted by atomic mass is 10.2. The van der Waals surface area contributed by atoms with Crippen LogP contribution in [0.5, 0.6) is 0 Å². The molecule has 1 saturated heterocycles. The monoisotopic (exact) mass is 236 g/mol. The van der Waals surface area contributed by atoms with Crippen molar-refractivity contribution in [2.75, 3.05) is 33.9 Å². The van der Waals surface area contributed by atoms with Crippen LogP contribution < -0.4 is 5.32 Å². The van der Waals surface area contributed by atoms with Crippen molar-refractivity contribution in [3.8, 4) is 0 Å². The molecule has 1 amide bonds. The first-order valence-electron chi connectivity index (χ1n) is 5.23. The minimum atomic E-state index is 0. The summed E-state index contributed by atoms with van der Waals surface area (Å²) in [5.41, 5.74) is 0. The van der Waals surface area contributed by atoms with Gasteiger partial charge in [0.1, 0.15) is 0 Å². The summed E-state index contributed by atoms with van der Waals surface area (Å²) in [4.78, 5) is 13.5. The molecule has 0 bridgehead atoms. The van der Waals surface area contributed by atoms with Crippen molar-refractivity contribution in [1.82, 2.24) is 10.2 Å². The Morgan fingerprint density at radius 3 is 2.87 bits per heavy atom. The largest absolute Gasteiger partial charge is 0.379 e. The molecule has 0 aromatic heterocycles. The van der Waals surface area contributed by atoms with E-state index in [9.17, 15) is 4.79 Å². The lowest BCUT2D eigenvalue weighted by molar-refractivity contribution is -0.132. The van der Waals surface area contributed by atoms with Crippen molar-refractivity contribution < 1.29 is 9.53 Å². The van der Waals surface area contributed by atoms with E-state index in [0.717, 1.165) is 26.0 Å².